The van der Waals surface area contributed by atoms with Crippen molar-refractivity contribution in [2.75, 3.05) is 41.0 Å². The van der Waals surface area contributed by atoms with Gasteiger partial charge in [-0.15, -0.1) is 0 Å². The van der Waals surface area contributed by atoms with Gasteiger partial charge in [0, 0.05) is 38.0 Å². The van der Waals surface area contributed by atoms with E-state index in [4.69, 9.17) is 28.4 Å². The first-order valence-electron chi connectivity index (χ1n) is 19.1. The molecule has 0 aromatic heterocycles. The van der Waals surface area contributed by atoms with E-state index in [0.717, 1.165) is 62.9 Å². The summed E-state index contributed by atoms with van der Waals surface area (Å²) in [4.78, 5) is 12.5. The number of hydrogen-bond acceptors (Lipinski definition) is 7. The first-order chi connectivity index (χ1) is 25.4. The van der Waals surface area contributed by atoms with Crippen LogP contribution in [0.15, 0.2) is 42.5 Å². The highest BCUT2D eigenvalue weighted by atomic mass is 19.4. The lowest BCUT2D eigenvalue weighted by molar-refractivity contribution is -0.284. The number of unbranched alkanes of at least 4 members (excludes halogenated alkanes) is 9. The molecule has 1 aliphatic rings. The summed E-state index contributed by atoms with van der Waals surface area (Å²) in [5, 5.41) is 0. The number of alkyl halides is 5. The Morgan fingerprint density at radius 2 is 1.34 bits per heavy atom. The Kier molecular flexibility index (Phi) is 18.6. The lowest BCUT2D eigenvalue weighted by Crippen LogP contribution is -2.40. The van der Waals surface area contributed by atoms with Gasteiger partial charge in [-0.3, -0.25) is 4.79 Å². The number of esters is 1. The molecule has 12 heteroatoms. The molecule has 1 heterocycles. The average Bonchev–Trinajstić information content (AvgIpc) is 3.13. The summed E-state index contributed by atoms with van der Waals surface area (Å²) in [5.74, 6) is -2.67. The van der Waals surface area contributed by atoms with Crippen molar-refractivity contribution in [1.82, 2.24) is 0 Å². The van der Waals surface area contributed by atoms with Gasteiger partial charge < -0.3 is 28.4 Å². The average molecular weight is 759 g/mol. The van der Waals surface area contributed by atoms with E-state index in [0.29, 0.717) is 38.0 Å². The highest BCUT2D eigenvalue weighted by Gasteiger charge is 2.56. The van der Waals surface area contributed by atoms with E-state index in [2.05, 4.69) is 25.1 Å². The van der Waals surface area contributed by atoms with Gasteiger partial charge in [0.25, 0.3) is 0 Å². The van der Waals surface area contributed by atoms with Crippen LogP contribution in [0.4, 0.5) is 22.0 Å². The normalized spacial score (nSPS) is 17.9. The fourth-order valence-corrected chi connectivity index (χ4v) is 7.13. The van der Waals surface area contributed by atoms with E-state index in [9.17, 15) is 26.7 Å². The minimum Gasteiger partial charge on any atom is -0.492 e. The Morgan fingerprint density at radius 3 is 1.92 bits per heavy atom. The van der Waals surface area contributed by atoms with Gasteiger partial charge in [0.1, 0.15) is 17.2 Å². The van der Waals surface area contributed by atoms with E-state index in [-0.39, 0.29) is 56.3 Å². The number of benzene rings is 2. The molecule has 2 aromatic carbocycles. The SMILES string of the molecule is CCOC(=O)C(CCCCCCCCCC1c2ccc(OCOC)cc2OCC1(C)c1ccc(OCOC)cc1)CCCCCCC(F)(F)C(F)(F)F. The van der Waals surface area contributed by atoms with Gasteiger partial charge in [0.05, 0.1) is 19.1 Å². The standard InChI is InChI=1S/C41H59F5O7/c1-5-50-38(47)31(18-14-11-12-16-26-40(42,43)41(44,45)46)17-13-9-7-6-8-10-15-19-36-35-25-24-34(53-30-49-4)27-37(35)51-28-39(36,2)32-20-22-33(23-21-32)52-29-48-3/h20-25,27,31,36H,5-19,26,28-30H2,1-4H3. The molecule has 0 spiro atoms. The van der Waals surface area contributed by atoms with Crippen molar-refractivity contribution < 1.29 is 55.2 Å². The molecule has 3 rings (SSSR count). The predicted molar refractivity (Wildman–Crippen MR) is 194 cm³/mol. The minimum atomic E-state index is -5.51. The predicted octanol–water partition coefficient (Wildman–Crippen LogP) is 11.3. The second-order valence-corrected chi connectivity index (χ2v) is 14.2. The summed E-state index contributed by atoms with van der Waals surface area (Å²) in [6.07, 6.45) is 3.98. The molecule has 0 aliphatic carbocycles. The number of rotatable bonds is 26. The van der Waals surface area contributed by atoms with Gasteiger partial charge in [-0.1, -0.05) is 89.3 Å². The number of hydrogen-bond donors (Lipinski definition) is 0. The van der Waals surface area contributed by atoms with E-state index in [1.165, 1.54) is 11.1 Å². The number of fused-ring (bicyclic) bond motifs is 1. The molecule has 7 nitrogen and oxygen atoms in total. The molecule has 0 radical (unpaired) electrons. The maximum absolute atomic E-state index is 13.1. The van der Waals surface area contributed by atoms with Crippen LogP contribution in [0.25, 0.3) is 0 Å². The number of methoxy groups -OCH3 is 2. The molecule has 53 heavy (non-hydrogen) atoms. The zero-order valence-electron chi connectivity index (χ0n) is 31.9. The zero-order valence-corrected chi connectivity index (χ0v) is 31.9. The molecule has 0 bridgehead atoms. The van der Waals surface area contributed by atoms with Gasteiger partial charge in [0.2, 0.25) is 0 Å². The Bertz CT molecular complexity index is 1340. The third-order valence-electron chi connectivity index (χ3n) is 10.2. The monoisotopic (exact) mass is 758 g/mol. The Labute approximate surface area is 312 Å². The largest absolute Gasteiger partial charge is 0.492 e. The molecule has 0 saturated carbocycles. The van der Waals surface area contributed by atoms with Gasteiger partial charge >= 0.3 is 18.1 Å². The summed E-state index contributed by atoms with van der Waals surface area (Å²) >= 11 is 0. The van der Waals surface area contributed by atoms with Crippen molar-refractivity contribution >= 4 is 5.97 Å². The summed E-state index contributed by atoms with van der Waals surface area (Å²) < 4.78 is 96.4. The lowest BCUT2D eigenvalue weighted by Gasteiger charge is -2.43. The molecule has 0 N–H and O–H groups in total. The molecule has 1 aliphatic heterocycles. The van der Waals surface area contributed by atoms with Crippen LogP contribution in [-0.2, 0) is 24.4 Å². The fraction of sp³-hybridized carbons (Fsp3) is 0.683. The van der Waals surface area contributed by atoms with Crippen LogP contribution in [0.3, 0.4) is 0 Å². The second kappa shape index (κ2) is 22.3. The molecule has 0 fully saturated rings. The molecule has 2 aromatic rings. The Balaban J connectivity index is 1.45. The number of carbonyl (C=O) groups is 1. The molecule has 0 amide bonds. The van der Waals surface area contributed by atoms with Crippen molar-refractivity contribution in [3.8, 4) is 17.2 Å². The summed E-state index contributed by atoms with van der Waals surface area (Å²) in [6.45, 7) is 5.18. The van der Waals surface area contributed by atoms with Crippen LogP contribution < -0.4 is 14.2 Å². The van der Waals surface area contributed by atoms with Crippen molar-refractivity contribution in [3.05, 3.63) is 53.6 Å². The molecule has 300 valence electrons. The molecule has 0 saturated heterocycles. The Morgan fingerprint density at radius 1 is 0.792 bits per heavy atom. The first kappa shape index (κ1) is 44.3. The lowest BCUT2D eigenvalue weighted by atomic mass is 9.66. The molecular weight excluding hydrogens is 699 g/mol. The van der Waals surface area contributed by atoms with Gasteiger partial charge in [-0.2, -0.15) is 22.0 Å². The zero-order chi connectivity index (χ0) is 38.7. The number of halogens is 5. The smallest absolute Gasteiger partial charge is 0.453 e. The second-order valence-electron chi connectivity index (χ2n) is 14.2. The molecule has 3 unspecified atom stereocenters. The highest BCUT2D eigenvalue weighted by molar-refractivity contribution is 5.72. The van der Waals surface area contributed by atoms with Crippen molar-refractivity contribution in [2.45, 2.75) is 134 Å². The third kappa shape index (κ3) is 13.9. The van der Waals surface area contributed by atoms with E-state index in [1.807, 2.05) is 24.3 Å². The van der Waals surface area contributed by atoms with Gasteiger partial charge in [-0.25, -0.2) is 0 Å². The van der Waals surface area contributed by atoms with Gasteiger partial charge in [0.15, 0.2) is 13.6 Å². The number of carbonyl (C=O) groups excluding carboxylic acids is 1. The minimum absolute atomic E-state index is 0.163. The van der Waals surface area contributed by atoms with Crippen LogP contribution in [0, 0.1) is 5.92 Å². The number of ether oxygens (including phenoxy) is 6. The maximum atomic E-state index is 13.1. The summed E-state index contributed by atoms with van der Waals surface area (Å²) in [7, 11) is 3.18. The van der Waals surface area contributed by atoms with Crippen LogP contribution in [0.2, 0.25) is 0 Å². The highest BCUT2D eigenvalue weighted by Crippen LogP contribution is 2.50. The van der Waals surface area contributed by atoms with Crippen molar-refractivity contribution in [3.63, 3.8) is 0 Å². The topological polar surface area (TPSA) is 72.5 Å². The van der Waals surface area contributed by atoms with Crippen LogP contribution >= 0.6 is 0 Å². The van der Waals surface area contributed by atoms with Crippen LogP contribution in [-0.4, -0.2) is 59.1 Å². The Hall–Kier alpha value is -3.12. The maximum Gasteiger partial charge on any atom is 0.453 e. The molecular formula is C41H59F5O7. The van der Waals surface area contributed by atoms with E-state index in [1.54, 1.807) is 21.1 Å². The van der Waals surface area contributed by atoms with E-state index >= 15 is 0 Å². The first-order valence-corrected chi connectivity index (χ1v) is 19.1. The summed E-state index contributed by atoms with van der Waals surface area (Å²) in [6, 6.07) is 14.2. The van der Waals surface area contributed by atoms with Crippen LogP contribution in [0.5, 0.6) is 17.2 Å². The van der Waals surface area contributed by atoms with Crippen molar-refractivity contribution in [2.24, 2.45) is 5.92 Å². The quantitative estimate of drug-likeness (QED) is 0.0409. The fourth-order valence-electron chi connectivity index (χ4n) is 7.13. The summed E-state index contributed by atoms with van der Waals surface area (Å²) in [5.41, 5.74) is 2.10. The van der Waals surface area contributed by atoms with E-state index < -0.39 is 18.5 Å². The van der Waals surface area contributed by atoms with Gasteiger partial charge in [-0.05, 0) is 61.9 Å². The molecule has 3 atom stereocenters. The van der Waals surface area contributed by atoms with Crippen molar-refractivity contribution in [1.29, 1.82) is 0 Å². The third-order valence-corrected chi connectivity index (χ3v) is 10.2. The van der Waals surface area contributed by atoms with Crippen LogP contribution in [0.1, 0.15) is 127 Å².